The molecule has 0 spiro atoms. The Balaban J connectivity index is 0.00000133. The number of nitrogens with one attached hydrogen (secondary N) is 1. The maximum absolute atomic E-state index is 3.85. The molecule has 1 heterocycles. The van der Waals surface area contributed by atoms with Gasteiger partial charge in [0.15, 0.2) is 0 Å². The number of aryl methyl sites for hydroxylation is 1. The van der Waals surface area contributed by atoms with E-state index in [9.17, 15) is 0 Å². The van der Waals surface area contributed by atoms with E-state index in [0.717, 1.165) is 12.5 Å². The standard InChI is InChI=1S/C16H25NS.ClH/c1-11-5-6-13(18-11)10-17-14-9-12-7-8-16(14,4)15(12,2)3;/h5-6,12,14,17H,7-10H2,1-4H3;1H. The number of thiophene rings is 1. The fourth-order valence-corrected chi connectivity index (χ4v) is 5.16. The van der Waals surface area contributed by atoms with Gasteiger partial charge in [0, 0.05) is 22.3 Å². The molecule has 3 atom stereocenters. The Morgan fingerprint density at radius 1 is 1.32 bits per heavy atom. The van der Waals surface area contributed by atoms with Crippen molar-refractivity contribution in [2.24, 2.45) is 16.7 Å². The molecule has 2 aliphatic carbocycles. The average Bonchev–Trinajstić information content (AvgIpc) is 2.87. The molecule has 2 saturated carbocycles. The van der Waals surface area contributed by atoms with Gasteiger partial charge < -0.3 is 5.32 Å². The highest BCUT2D eigenvalue weighted by Crippen LogP contribution is 2.65. The Morgan fingerprint density at radius 3 is 2.53 bits per heavy atom. The maximum Gasteiger partial charge on any atom is 0.0302 e. The Bertz CT molecular complexity index is 453. The van der Waals surface area contributed by atoms with E-state index in [1.807, 2.05) is 11.3 Å². The third kappa shape index (κ3) is 2.26. The summed E-state index contributed by atoms with van der Waals surface area (Å²) in [6.45, 7) is 10.7. The summed E-state index contributed by atoms with van der Waals surface area (Å²) in [7, 11) is 0. The van der Waals surface area contributed by atoms with E-state index < -0.39 is 0 Å². The average molecular weight is 300 g/mol. The van der Waals surface area contributed by atoms with Crippen LogP contribution in [0.2, 0.25) is 0 Å². The van der Waals surface area contributed by atoms with E-state index >= 15 is 0 Å². The van der Waals surface area contributed by atoms with E-state index in [1.54, 1.807) is 0 Å². The monoisotopic (exact) mass is 299 g/mol. The van der Waals surface area contributed by atoms with Gasteiger partial charge in [0.05, 0.1) is 0 Å². The summed E-state index contributed by atoms with van der Waals surface area (Å²) in [5.74, 6) is 0.935. The van der Waals surface area contributed by atoms with E-state index in [-0.39, 0.29) is 12.4 Å². The van der Waals surface area contributed by atoms with E-state index in [2.05, 4.69) is 45.1 Å². The van der Waals surface area contributed by atoms with Gasteiger partial charge in [0.2, 0.25) is 0 Å². The van der Waals surface area contributed by atoms with E-state index in [1.165, 1.54) is 29.0 Å². The molecule has 2 bridgehead atoms. The maximum atomic E-state index is 3.85. The summed E-state index contributed by atoms with van der Waals surface area (Å²) < 4.78 is 0. The normalized spacial score (nSPS) is 35.4. The second-order valence-electron chi connectivity index (χ2n) is 7.06. The molecule has 0 saturated heterocycles. The minimum absolute atomic E-state index is 0. The van der Waals surface area contributed by atoms with Crippen LogP contribution < -0.4 is 5.32 Å². The van der Waals surface area contributed by atoms with Crippen molar-refractivity contribution < 1.29 is 0 Å². The first kappa shape index (κ1) is 15.3. The van der Waals surface area contributed by atoms with Gasteiger partial charge in [0.25, 0.3) is 0 Å². The molecule has 0 aromatic carbocycles. The molecule has 0 amide bonds. The summed E-state index contributed by atoms with van der Waals surface area (Å²) in [5, 5.41) is 3.85. The number of rotatable bonds is 3. The van der Waals surface area contributed by atoms with Gasteiger partial charge in [0.1, 0.15) is 0 Å². The van der Waals surface area contributed by atoms with Crippen molar-refractivity contribution in [3.05, 3.63) is 21.9 Å². The quantitative estimate of drug-likeness (QED) is 0.847. The molecule has 2 fully saturated rings. The van der Waals surface area contributed by atoms with Crippen molar-refractivity contribution in [2.75, 3.05) is 0 Å². The summed E-state index contributed by atoms with van der Waals surface area (Å²) in [4.78, 5) is 2.91. The van der Waals surface area contributed by atoms with Gasteiger partial charge in [-0.15, -0.1) is 23.7 Å². The first-order chi connectivity index (χ1) is 8.43. The molecule has 1 N–H and O–H groups in total. The van der Waals surface area contributed by atoms with Crippen LogP contribution >= 0.6 is 23.7 Å². The third-order valence-electron chi connectivity index (χ3n) is 6.11. The largest absolute Gasteiger partial charge is 0.309 e. The van der Waals surface area contributed by atoms with Crippen LogP contribution in [0.25, 0.3) is 0 Å². The van der Waals surface area contributed by atoms with E-state index in [4.69, 9.17) is 0 Å². The molecule has 3 unspecified atom stereocenters. The minimum atomic E-state index is 0. The second kappa shape index (κ2) is 5.05. The highest BCUT2D eigenvalue weighted by molar-refractivity contribution is 7.11. The summed E-state index contributed by atoms with van der Waals surface area (Å²) in [6.07, 6.45) is 4.24. The molecular weight excluding hydrogens is 274 g/mol. The van der Waals surface area contributed by atoms with Crippen LogP contribution in [0.4, 0.5) is 0 Å². The van der Waals surface area contributed by atoms with Crippen LogP contribution in [-0.2, 0) is 6.54 Å². The molecule has 3 heteroatoms. The summed E-state index contributed by atoms with van der Waals surface area (Å²) >= 11 is 1.93. The van der Waals surface area contributed by atoms with Crippen LogP contribution in [-0.4, -0.2) is 6.04 Å². The van der Waals surface area contributed by atoms with Crippen LogP contribution in [0.1, 0.15) is 49.8 Å². The highest BCUT2D eigenvalue weighted by atomic mass is 35.5. The zero-order chi connectivity index (χ0) is 13.0. The zero-order valence-corrected chi connectivity index (χ0v) is 14.1. The molecule has 19 heavy (non-hydrogen) atoms. The van der Waals surface area contributed by atoms with Crippen LogP contribution in [0.3, 0.4) is 0 Å². The van der Waals surface area contributed by atoms with Gasteiger partial charge >= 0.3 is 0 Å². The zero-order valence-electron chi connectivity index (χ0n) is 12.5. The van der Waals surface area contributed by atoms with Crippen molar-refractivity contribution in [3.63, 3.8) is 0 Å². The Morgan fingerprint density at radius 2 is 2.05 bits per heavy atom. The number of hydrogen-bond donors (Lipinski definition) is 1. The first-order valence-corrected chi connectivity index (χ1v) is 8.04. The van der Waals surface area contributed by atoms with Crippen molar-refractivity contribution in [3.8, 4) is 0 Å². The Kier molecular flexibility index (Phi) is 4.08. The second-order valence-corrected chi connectivity index (χ2v) is 8.43. The van der Waals surface area contributed by atoms with Crippen molar-refractivity contribution in [1.29, 1.82) is 0 Å². The van der Waals surface area contributed by atoms with Crippen molar-refractivity contribution in [1.82, 2.24) is 5.32 Å². The molecule has 1 aromatic heterocycles. The Labute approximate surface area is 127 Å². The van der Waals surface area contributed by atoms with Gasteiger partial charge in [-0.2, -0.15) is 0 Å². The summed E-state index contributed by atoms with van der Waals surface area (Å²) in [5.41, 5.74) is 1.03. The lowest BCUT2D eigenvalue weighted by atomic mass is 9.69. The van der Waals surface area contributed by atoms with E-state index in [0.29, 0.717) is 16.9 Å². The smallest absolute Gasteiger partial charge is 0.0302 e. The summed E-state index contributed by atoms with van der Waals surface area (Å²) in [6, 6.07) is 5.22. The van der Waals surface area contributed by atoms with Gasteiger partial charge in [-0.3, -0.25) is 0 Å². The number of fused-ring (bicyclic) bond motifs is 2. The lowest BCUT2D eigenvalue weighted by molar-refractivity contribution is 0.120. The molecule has 3 rings (SSSR count). The van der Waals surface area contributed by atoms with Gasteiger partial charge in [-0.25, -0.2) is 0 Å². The SMILES string of the molecule is Cc1ccc(CNC2CC3CCC2(C)C3(C)C)s1.Cl. The van der Waals surface area contributed by atoms with Crippen LogP contribution in [0.5, 0.6) is 0 Å². The van der Waals surface area contributed by atoms with Crippen LogP contribution in [0, 0.1) is 23.7 Å². The van der Waals surface area contributed by atoms with Crippen molar-refractivity contribution >= 4 is 23.7 Å². The lowest BCUT2D eigenvalue weighted by Gasteiger charge is -2.39. The predicted molar refractivity (Wildman–Crippen MR) is 86.2 cm³/mol. The molecular formula is C16H26ClNS. The molecule has 0 radical (unpaired) electrons. The fraction of sp³-hybridized carbons (Fsp3) is 0.750. The predicted octanol–water partition coefficient (Wildman–Crippen LogP) is 4.78. The molecule has 2 aliphatic rings. The molecule has 1 nitrogen and oxygen atoms in total. The fourth-order valence-electron chi connectivity index (χ4n) is 4.32. The lowest BCUT2D eigenvalue weighted by Crippen LogP contribution is -2.44. The highest BCUT2D eigenvalue weighted by Gasteiger charge is 2.60. The minimum Gasteiger partial charge on any atom is -0.309 e. The topological polar surface area (TPSA) is 12.0 Å². The van der Waals surface area contributed by atoms with Gasteiger partial charge in [-0.1, -0.05) is 20.8 Å². The number of halogens is 1. The molecule has 1 aromatic rings. The van der Waals surface area contributed by atoms with Crippen molar-refractivity contribution in [2.45, 2.75) is 59.5 Å². The van der Waals surface area contributed by atoms with Gasteiger partial charge in [-0.05, 0) is 55.1 Å². The number of hydrogen-bond acceptors (Lipinski definition) is 2. The first-order valence-electron chi connectivity index (χ1n) is 7.22. The third-order valence-corrected chi connectivity index (χ3v) is 7.11. The van der Waals surface area contributed by atoms with Crippen LogP contribution in [0.15, 0.2) is 12.1 Å². The molecule has 108 valence electrons. The Hall–Kier alpha value is -0.0500. The molecule has 0 aliphatic heterocycles.